The highest BCUT2D eigenvalue weighted by Gasteiger charge is 2.27. The summed E-state index contributed by atoms with van der Waals surface area (Å²) in [4.78, 5) is 10.3. The van der Waals surface area contributed by atoms with E-state index in [4.69, 9.17) is 5.11 Å². The lowest BCUT2D eigenvalue weighted by Gasteiger charge is -2.09. The Labute approximate surface area is 72.5 Å². The number of sulfone groups is 1. The smallest absolute Gasteiger partial charge is 0.321 e. The van der Waals surface area contributed by atoms with Crippen LogP contribution in [-0.2, 0) is 14.6 Å². The van der Waals surface area contributed by atoms with Crippen molar-refractivity contribution in [1.82, 2.24) is 0 Å². The molecule has 0 aromatic heterocycles. The van der Waals surface area contributed by atoms with Gasteiger partial charge in [-0.05, 0) is 12.8 Å². The zero-order valence-corrected chi connectivity index (χ0v) is 8.26. The summed E-state index contributed by atoms with van der Waals surface area (Å²) in [6.45, 7) is 4.68. The third-order valence-electron chi connectivity index (χ3n) is 1.45. The minimum Gasteiger partial charge on any atom is -0.480 e. The Balaban J connectivity index is 4.52. The van der Waals surface area contributed by atoms with Gasteiger partial charge >= 0.3 is 5.97 Å². The molecule has 0 amide bonds. The van der Waals surface area contributed by atoms with Crippen LogP contribution in [0, 0.1) is 5.92 Å². The molecule has 0 aromatic rings. The van der Waals surface area contributed by atoms with Crippen molar-refractivity contribution in [2.45, 2.75) is 26.0 Å². The van der Waals surface area contributed by atoms with Crippen molar-refractivity contribution in [3.05, 3.63) is 0 Å². The minimum absolute atomic E-state index is 0.0307. The molecule has 0 radical (unpaired) electrons. The molecule has 0 aliphatic rings. The molecule has 0 aliphatic carbocycles. The van der Waals surface area contributed by atoms with E-state index in [1.807, 2.05) is 0 Å². The highest BCUT2D eigenvalue weighted by Crippen LogP contribution is 2.07. The maximum Gasteiger partial charge on any atom is 0.321 e. The molecule has 0 fully saturated rings. The summed E-state index contributed by atoms with van der Waals surface area (Å²) < 4.78 is 22.4. The number of carboxylic acid groups (broad SMARTS) is 1. The van der Waals surface area contributed by atoms with Crippen LogP contribution in [0.15, 0.2) is 0 Å². The first kappa shape index (κ1) is 11.4. The van der Waals surface area contributed by atoms with Crippen molar-refractivity contribution in [2.24, 2.45) is 5.92 Å². The fourth-order valence-electron chi connectivity index (χ4n) is 0.763. The lowest BCUT2D eigenvalue weighted by atomic mass is 10.3. The van der Waals surface area contributed by atoms with Crippen molar-refractivity contribution in [3.8, 4) is 0 Å². The van der Waals surface area contributed by atoms with Gasteiger partial charge in [0.15, 0.2) is 15.1 Å². The van der Waals surface area contributed by atoms with Crippen LogP contribution in [0.1, 0.15) is 20.8 Å². The lowest BCUT2D eigenvalue weighted by molar-refractivity contribution is -0.136. The Morgan fingerprint density at radius 3 is 2.00 bits per heavy atom. The van der Waals surface area contributed by atoms with Gasteiger partial charge in [0.1, 0.15) is 0 Å². The van der Waals surface area contributed by atoms with Crippen LogP contribution in [0.25, 0.3) is 0 Å². The largest absolute Gasteiger partial charge is 0.480 e. The molecule has 12 heavy (non-hydrogen) atoms. The molecule has 4 nitrogen and oxygen atoms in total. The van der Waals surface area contributed by atoms with E-state index in [9.17, 15) is 13.2 Å². The Morgan fingerprint density at radius 2 is 1.75 bits per heavy atom. The monoisotopic (exact) mass is 194 g/mol. The topological polar surface area (TPSA) is 71.4 Å². The summed E-state index contributed by atoms with van der Waals surface area (Å²) in [5.41, 5.74) is 0. The van der Waals surface area contributed by atoms with Gasteiger partial charge in [-0.1, -0.05) is 13.8 Å². The molecule has 0 saturated carbocycles. The van der Waals surface area contributed by atoms with Crippen LogP contribution in [0.5, 0.6) is 0 Å². The van der Waals surface area contributed by atoms with E-state index < -0.39 is 21.1 Å². The minimum atomic E-state index is -3.46. The third-order valence-corrected chi connectivity index (χ3v) is 3.86. The van der Waals surface area contributed by atoms with Gasteiger partial charge in [0, 0.05) is 0 Å². The molecule has 1 atom stereocenters. The molecule has 0 spiro atoms. The Bertz CT molecular complexity index is 253. The standard InChI is InChI=1S/C7H14O4S/c1-5(2)4-12(10,11)6(3)7(8)9/h5-6H,4H2,1-3H3,(H,8,9). The molecule has 0 saturated heterocycles. The van der Waals surface area contributed by atoms with Gasteiger partial charge in [-0.25, -0.2) is 8.42 Å². The van der Waals surface area contributed by atoms with Gasteiger partial charge in [-0.15, -0.1) is 0 Å². The summed E-state index contributed by atoms with van der Waals surface area (Å²) in [7, 11) is -3.46. The average molecular weight is 194 g/mol. The summed E-state index contributed by atoms with van der Waals surface area (Å²) in [5.74, 6) is -1.38. The zero-order valence-electron chi connectivity index (χ0n) is 7.44. The molecule has 1 N–H and O–H groups in total. The quantitative estimate of drug-likeness (QED) is 0.708. The van der Waals surface area contributed by atoms with Crippen molar-refractivity contribution in [3.63, 3.8) is 0 Å². The number of rotatable bonds is 4. The molecule has 0 bridgehead atoms. The summed E-state index contributed by atoms with van der Waals surface area (Å²) in [5, 5.41) is 7.16. The SMILES string of the molecule is CC(C)CS(=O)(=O)C(C)C(=O)O. The van der Waals surface area contributed by atoms with Gasteiger partial charge in [0.2, 0.25) is 0 Å². The van der Waals surface area contributed by atoms with Crippen molar-refractivity contribution >= 4 is 15.8 Å². The van der Waals surface area contributed by atoms with E-state index in [1.165, 1.54) is 6.92 Å². The third kappa shape index (κ3) is 3.21. The van der Waals surface area contributed by atoms with E-state index >= 15 is 0 Å². The second kappa shape index (κ2) is 3.89. The van der Waals surface area contributed by atoms with Crippen LogP contribution in [-0.4, -0.2) is 30.5 Å². The molecule has 5 heteroatoms. The normalized spacial score (nSPS) is 14.7. The number of hydrogen-bond acceptors (Lipinski definition) is 3. The van der Waals surface area contributed by atoms with Gasteiger partial charge in [0.05, 0.1) is 5.75 Å². The summed E-state index contributed by atoms with van der Waals surface area (Å²) in [6.07, 6.45) is 0. The van der Waals surface area contributed by atoms with E-state index in [-0.39, 0.29) is 11.7 Å². The van der Waals surface area contributed by atoms with Crippen LogP contribution in [0.2, 0.25) is 0 Å². The van der Waals surface area contributed by atoms with Gasteiger partial charge in [-0.2, -0.15) is 0 Å². The fourth-order valence-corrected chi connectivity index (χ4v) is 2.29. The van der Waals surface area contributed by atoms with Crippen LogP contribution in [0.4, 0.5) is 0 Å². The van der Waals surface area contributed by atoms with E-state index in [2.05, 4.69) is 0 Å². The predicted octanol–water partition coefficient (Wildman–Crippen LogP) is 0.530. The van der Waals surface area contributed by atoms with Crippen molar-refractivity contribution in [2.75, 3.05) is 5.75 Å². The molecule has 0 aliphatic heterocycles. The van der Waals surface area contributed by atoms with Gasteiger partial charge in [-0.3, -0.25) is 4.79 Å². The molecule has 72 valence electrons. The van der Waals surface area contributed by atoms with E-state index in [0.717, 1.165) is 0 Å². The van der Waals surface area contributed by atoms with Crippen LogP contribution >= 0.6 is 0 Å². The fraction of sp³-hybridized carbons (Fsp3) is 0.857. The molecule has 1 unspecified atom stereocenters. The van der Waals surface area contributed by atoms with Crippen molar-refractivity contribution < 1.29 is 18.3 Å². The lowest BCUT2D eigenvalue weighted by Crippen LogP contribution is -2.30. The molecular formula is C7H14O4S. The number of carboxylic acids is 1. The molecule has 0 rings (SSSR count). The first-order valence-electron chi connectivity index (χ1n) is 3.71. The summed E-state index contributed by atoms with van der Waals surface area (Å²) in [6, 6.07) is 0. The van der Waals surface area contributed by atoms with Gasteiger partial charge < -0.3 is 5.11 Å². The first-order chi connectivity index (χ1) is 5.27. The first-order valence-corrected chi connectivity index (χ1v) is 5.43. The maximum absolute atomic E-state index is 11.2. The molecule has 0 heterocycles. The Kier molecular flexibility index (Phi) is 3.70. The van der Waals surface area contributed by atoms with E-state index in [0.29, 0.717) is 0 Å². The molecule has 0 aromatic carbocycles. The summed E-state index contributed by atoms with van der Waals surface area (Å²) >= 11 is 0. The number of aliphatic carboxylic acids is 1. The number of carbonyl (C=O) groups is 1. The Morgan fingerprint density at radius 1 is 1.33 bits per heavy atom. The van der Waals surface area contributed by atoms with Crippen molar-refractivity contribution in [1.29, 1.82) is 0 Å². The van der Waals surface area contributed by atoms with Gasteiger partial charge in [0.25, 0.3) is 0 Å². The zero-order chi connectivity index (χ0) is 9.94. The number of hydrogen-bond donors (Lipinski definition) is 1. The van der Waals surface area contributed by atoms with E-state index in [1.54, 1.807) is 13.8 Å². The Hall–Kier alpha value is -0.580. The second-order valence-corrected chi connectivity index (χ2v) is 5.57. The molecular weight excluding hydrogens is 180 g/mol. The average Bonchev–Trinajstić information content (AvgIpc) is 1.82. The van der Waals surface area contributed by atoms with Crippen LogP contribution in [0.3, 0.4) is 0 Å². The maximum atomic E-state index is 11.2. The highest BCUT2D eigenvalue weighted by molar-refractivity contribution is 7.92. The predicted molar refractivity (Wildman–Crippen MR) is 45.7 cm³/mol. The highest BCUT2D eigenvalue weighted by atomic mass is 32.2. The van der Waals surface area contributed by atoms with Crippen LogP contribution < -0.4 is 0 Å². The second-order valence-electron chi connectivity index (χ2n) is 3.20.